The summed E-state index contributed by atoms with van der Waals surface area (Å²) in [5.74, 6) is -0.744. The maximum absolute atomic E-state index is 13.0. The standard InChI is InChI=1S/C12H15BrFNO2/c1-3-12(2,7-16)15-11(17)8-4-5-10(14)9(13)6-8/h4-6,16H,3,7H2,1-2H3,(H,15,17)/t12-/m0/s1. The molecule has 0 aromatic heterocycles. The Morgan fingerprint density at radius 3 is 2.71 bits per heavy atom. The number of hydrogen-bond donors (Lipinski definition) is 2. The van der Waals surface area contributed by atoms with E-state index >= 15 is 0 Å². The Balaban J connectivity index is 2.86. The van der Waals surface area contributed by atoms with Gasteiger partial charge in [-0.1, -0.05) is 6.92 Å². The Kier molecular flexibility index (Phi) is 4.65. The lowest BCUT2D eigenvalue weighted by Gasteiger charge is -2.27. The first-order valence-corrected chi connectivity index (χ1v) is 6.09. The van der Waals surface area contributed by atoms with E-state index in [9.17, 15) is 14.3 Å². The number of aliphatic hydroxyl groups excluding tert-OH is 1. The molecule has 1 aromatic carbocycles. The van der Waals surface area contributed by atoms with Crippen molar-refractivity contribution in [2.75, 3.05) is 6.61 Å². The van der Waals surface area contributed by atoms with Crippen molar-refractivity contribution in [1.29, 1.82) is 0 Å². The van der Waals surface area contributed by atoms with Crippen molar-refractivity contribution in [3.8, 4) is 0 Å². The van der Waals surface area contributed by atoms with E-state index in [1.165, 1.54) is 18.2 Å². The van der Waals surface area contributed by atoms with Crippen LogP contribution in [0.25, 0.3) is 0 Å². The molecule has 0 saturated carbocycles. The number of carbonyl (C=O) groups is 1. The summed E-state index contributed by atoms with van der Waals surface area (Å²) in [6.45, 7) is 3.48. The molecule has 0 heterocycles. The summed E-state index contributed by atoms with van der Waals surface area (Å²) in [6.07, 6.45) is 0.609. The highest BCUT2D eigenvalue weighted by molar-refractivity contribution is 9.10. The molecule has 2 N–H and O–H groups in total. The SMILES string of the molecule is CC[C@@](C)(CO)NC(=O)c1ccc(F)c(Br)c1. The minimum Gasteiger partial charge on any atom is -0.394 e. The lowest BCUT2D eigenvalue weighted by molar-refractivity contribution is 0.0847. The molecule has 0 aliphatic heterocycles. The summed E-state index contributed by atoms with van der Waals surface area (Å²) in [5.41, 5.74) is -0.302. The molecule has 1 amide bonds. The largest absolute Gasteiger partial charge is 0.394 e. The van der Waals surface area contributed by atoms with Gasteiger partial charge in [-0.15, -0.1) is 0 Å². The molecule has 0 fully saturated rings. The van der Waals surface area contributed by atoms with Gasteiger partial charge in [0.25, 0.3) is 5.91 Å². The fraction of sp³-hybridized carbons (Fsp3) is 0.417. The summed E-state index contributed by atoms with van der Waals surface area (Å²) in [7, 11) is 0. The van der Waals surface area contributed by atoms with Gasteiger partial charge in [-0.2, -0.15) is 0 Å². The third-order valence-corrected chi connectivity index (χ3v) is 3.33. The van der Waals surface area contributed by atoms with Crippen LogP contribution in [0.5, 0.6) is 0 Å². The number of halogens is 2. The van der Waals surface area contributed by atoms with E-state index in [-0.39, 0.29) is 17.0 Å². The van der Waals surface area contributed by atoms with Crippen molar-refractivity contribution in [2.24, 2.45) is 0 Å². The quantitative estimate of drug-likeness (QED) is 0.898. The first-order valence-electron chi connectivity index (χ1n) is 5.30. The molecule has 1 rings (SSSR count). The average molecular weight is 304 g/mol. The van der Waals surface area contributed by atoms with Crippen LogP contribution in [0.4, 0.5) is 4.39 Å². The first kappa shape index (κ1) is 14.1. The summed E-state index contributed by atoms with van der Waals surface area (Å²) >= 11 is 3.02. The molecule has 17 heavy (non-hydrogen) atoms. The van der Waals surface area contributed by atoms with Gasteiger partial charge >= 0.3 is 0 Å². The van der Waals surface area contributed by atoms with Gasteiger partial charge in [0.2, 0.25) is 0 Å². The summed E-state index contributed by atoms with van der Waals surface area (Å²) in [4.78, 5) is 11.9. The fourth-order valence-electron chi connectivity index (χ4n) is 1.22. The van der Waals surface area contributed by atoms with Gasteiger partial charge in [0, 0.05) is 5.56 Å². The molecule has 0 bridgehead atoms. The Hall–Kier alpha value is -0.940. The Bertz CT molecular complexity index is 419. The lowest BCUT2D eigenvalue weighted by Crippen LogP contribution is -2.48. The van der Waals surface area contributed by atoms with Crippen molar-refractivity contribution in [3.05, 3.63) is 34.1 Å². The van der Waals surface area contributed by atoms with E-state index in [1.807, 2.05) is 6.92 Å². The van der Waals surface area contributed by atoms with Crippen molar-refractivity contribution >= 4 is 21.8 Å². The van der Waals surface area contributed by atoms with Crippen molar-refractivity contribution in [1.82, 2.24) is 5.32 Å². The van der Waals surface area contributed by atoms with E-state index in [1.54, 1.807) is 6.92 Å². The highest BCUT2D eigenvalue weighted by atomic mass is 79.9. The summed E-state index contributed by atoms with van der Waals surface area (Å²) in [6, 6.07) is 4.04. The van der Waals surface area contributed by atoms with Crippen molar-refractivity contribution < 1.29 is 14.3 Å². The zero-order chi connectivity index (χ0) is 13.1. The number of aliphatic hydroxyl groups is 1. The van der Waals surface area contributed by atoms with Crippen LogP contribution in [-0.4, -0.2) is 23.2 Å². The minimum absolute atomic E-state index is 0.141. The number of hydrogen-bond acceptors (Lipinski definition) is 2. The third kappa shape index (κ3) is 3.51. The van der Waals surface area contributed by atoms with Crippen LogP contribution < -0.4 is 5.32 Å². The molecule has 94 valence electrons. The van der Waals surface area contributed by atoms with E-state index in [4.69, 9.17) is 0 Å². The lowest BCUT2D eigenvalue weighted by atomic mass is 9.99. The molecular formula is C12H15BrFNO2. The van der Waals surface area contributed by atoms with Gasteiger partial charge in [0.1, 0.15) is 5.82 Å². The minimum atomic E-state index is -0.655. The smallest absolute Gasteiger partial charge is 0.251 e. The number of benzene rings is 1. The molecule has 0 radical (unpaired) electrons. The molecule has 0 spiro atoms. The molecule has 0 aliphatic carbocycles. The number of rotatable bonds is 4. The van der Waals surface area contributed by atoms with Crippen LogP contribution in [0, 0.1) is 5.82 Å². The van der Waals surface area contributed by atoms with E-state index < -0.39 is 11.4 Å². The van der Waals surface area contributed by atoms with Crippen LogP contribution in [0.3, 0.4) is 0 Å². The normalized spacial score (nSPS) is 14.2. The van der Waals surface area contributed by atoms with Crippen LogP contribution in [0.2, 0.25) is 0 Å². The zero-order valence-corrected chi connectivity index (χ0v) is 11.3. The van der Waals surface area contributed by atoms with E-state index in [0.29, 0.717) is 12.0 Å². The maximum Gasteiger partial charge on any atom is 0.251 e. The maximum atomic E-state index is 13.0. The molecule has 5 heteroatoms. The van der Waals surface area contributed by atoms with Gasteiger partial charge in [-0.05, 0) is 47.5 Å². The summed E-state index contributed by atoms with van der Waals surface area (Å²) < 4.78 is 13.3. The second kappa shape index (κ2) is 5.60. The highest BCUT2D eigenvalue weighted by Crippen LogP contribution is 2.17. The van der Waals surface area contributed by atoms with E-state index in [0.717, 1.165) is 0 Å². The second-order valence-corrected chi connectivity index (χ2v) is 5.01. The number of amides is 1. The predicted octanol–water partition coefficient (Wildman–Crippen LogP) is 2.48. The van der Waals surface area contributed by atoms with Crippen molar-refractivity contribution in [2.45, 2.75) is 25.8 Å². The van der Waals surface area contributed by atoms with Crippen LogP contribution in [0.1, 0.15) is 30.6 Å². The predicted molar refractivity (Wildman–Crippen MR) is 67.3 cm³/mol. The monoisotopic (exact) mass is 303 g/mol. The van der Waals surface area contributed by atoms with Gasteiger partial charge in [-0.3, -0.25) is 4.79 Å². The van der Waals surface area contributed by atoms with Gasteiger partial charge in [-0.25, -0.2) is 4.39 Å². The molecule has 0 aliphatic rings. The number of nitrogens with one attached hydrogen (secondary N) is 1. The zero-order valence-electron chi connectivity index (χ0n) is 9.76. The second-order valence-electron chi connectivity index (χ2n) is 4.16. The number of carbonyl (C=O) groups excluding carboxylic acids is 1. The molecule has 1 atom stereocenters. The Labute approximate surface area is 108 Å². The fourth-order valence-corrected chi connectivity index (χ4v) is 1.60. The first-order chi connectivity index (χ1) is 7.91. The van der Waals surface area contributed by atoms with Crippen LogP contribution in [0.15, 0.2) is 22.7 Å². The third-order valence-electron chi connectivity index (χ3n) is 2.73. The Morgan fingerprint density at radius 1 is 1.59 bits per heavy atom. The topological polar surface area (TPSA) is 49.3 Å². The highest BCUT2D eigenvalue weighted by Gasteiger charge is 2.23. The van der Waals surface area contributed by atoms with Crippen LogP contribution >= 0.6 is 15.9 Å². The molecular weight excluding hydrogens is 289 g/mol. The molecule has 0 unspecified atom stereocenters. The van der Waals surface area contributed by atoms with Gasteiger partial charge in [0.05, 0.1) is 16.6 Å². The molecule has 1 aromatic rings. The average Bonchev–Trinajstić information content (AvgIpc) is 2.32. The van der Waals surface area contributed by atoms with E-state index in [2.05, 4.69) is 21.2 Å². The van der Waals surface area contributed by atoms with Crippen LogP contribution in [-0.2, 0) is 0 Å². The molecule has 3 nitrogen and oxygen atoms in total. The summed E-state index contributed by atoms with van der Waals surface area (Å²) in [5, 5.41) is 11.9. The Morgan fingerprint density at radius 2 is 2.24 bits per heavy atom. The van der Waals surface area contributed by atoms with Gasteiger partial charge in [0.15, 0.2) is 0 Å². The van der Waals surface area contributed by atoms with Crippen molar-refractivity contribution in [3.63, 3.8) is 0 Å². The molecule has 0 saturated heterocycles. The van der Waals surface area contributed by atoms with Gasteiger partial charge < -0.3 is 10.4 Å².